The first kappa shape index (κ1) is 13.4. The Balaban J connectivity index is 2.39. The molecule has 0 radical (unpaired) electrons. The summed E-state index contributed by atoms with van der Waals surface area (Å²) in [7, 11) is 1.88. The van der Waals surface area contributed by atoms with E-state index in [0.717, 1.165) is 25.8 Å². The minimum atomic E-state index is 0.173. The average Bonchev–Trinajstić information content (AvgIpc) is 2.99. The summed E-state index contributed by atoms with van der Waals surface area (Å²) in [6.45, 7) is 3.91. The molecule has 1 amide bonds. The topological polar surface area (TPSA) is 49.6 Å². The van der Waals surface area contributed by atoms with Gasteiger partial charge in [-0.3, -0.25) is 9.69 Å². The van der Waals surface area contributed by atoms with Crippen molar-refractivity contribution in [2.75, 3.05) is 26.7 Å². The maximum Gasteiger partial charge on any atom is 0.236 e. The van der Waals surface area contributed by atoms with Crippen LogP contribution in [0.2, 0.25) is 0 Å². The lowest BCUT2D eigenvalue weighted by atomic mass is 10.3. The van der Waals surface area contributed by atoms with Crippen molar-refractivity contribution in [3.8, 4) is 0 Å². The van der Waals surface area contributed by atoms with E-state index < -0.39 is 0 Å². The van der Waals surface area contributed by atoms with E-state index in [2.05, 4.69) is 6.92 Å². The molecule has 1 rings (SSSR count). The first-order chi connectivity index (χ1) is 7.54. The summed E-state index contributed by atoms with van der Waals surface area (Å²) in [5.41, 5.74) is 5.51. The zero-order valence-electron chi connectivity index (χ0n) is 10.1. The third-order valence-electron chi connectivity index (χ3n) is 2.77. The predicted octanol–water partition coefficient (Wildman–Crippen LogP) is 0.605. The second-order valence-electron chi connectivity index (χ2n) is 4.41. The number of likely N-dealkylation sites (N-methyl/N-ethyl adjacent to an activating group) is 1. The van der Waals surface area contributed by atoms with Crippen molar-refractivity contribution in [2.24, 2.45) is 5.73 Å². The Hall–Kier alpha value is -0.680. The smallest absolute Gasteiger partial charge is 0.236 e. The lowest BCUT2D eigenvalue weighted by Gasteiger charge is -2.24. The Kier molecular flexibility index (Phi) is 5.15. The van der Waals surface area contributed by atoms with Crippen LogP contribution in [0, 0.1) is 0 Å². The number of amides is 1. The highest BCUT2D eigenvalue weighted by atomic mass is 32.1. The van der Waals surface area contributed by atoms with Crippen LogP contribution in [0.1, 0.15) is 26.2 Å². The fourth-order valence-electron chi connectivity index (χ4n) is 1.72. The number of hydrogen-bond acceptors (Lipinski definition) is 3. The van der Waals surface area contributed by atoms with E-state index in [4.69, 9.17) is 18.0 Å². The number of carbonyl (C=O) groups is 1. The van der Waals surface area contributed by atoms with Gasteiger partial charge in [-0.25, -0.2) is 0 Å². The van der Waals surface area contributed by atoms with Crippen LogP contribution in [0.25, 0.3) is 0 Å². The highest BCUT2D eigenvalue weighted by Gasteiger charge is 2.29. The third kappa shape index (κ3) is 4.45. The summed E-state index contributed by atoms with van der Waals surface area (Å²) in [4.78, 5) is 16.2. The van der Waals surface area contributed by atoms with Crippen LogP contribution in [0.5, 0.6) is 0 Å². The fourth-order valence-corrected chi connectivity index (χ4v) is 1.90. The lowest BCUT2D eigenvalue weighted by Crippen LogP contribution is -2.42. The first-order valence-corrected chi connectivity index (χ1v) is 6.21. The van der Waals surface area contributed by atoms with Gasteiger partial charge < -0.3 is 10.6 Å². The zero-order valence-corrected chi connectivity index (χ0v) is 10.9. The van der Waals surface area contributed by atoms with Gasteiger partial charge in [0.25, 0.3) is 0 Å². The molecule has 0 saturated heterocycles. The van der Waals surface area contributed by atoms with Gasteiger partial charge in [-0.2, -0.15) is 0 Å². The molecule has 1 saturated carbocycles. The molecule has 0 atom stereocenters. The van der Waals surface area contributed by atoms with E-state index in [1.807, 2.05) is 16.8 Å². The standard InChI is InChI=1S/C11H21N3OS/c1-3-6-14(7-10(12)16)8-11(15)13(2)9-4-5-9/h9H,3-8H2,1-2H3,(H2,12,16). The molecule has 5 heteroatoms. The van der Waals surface area contributed by atoms with Gasteiger partial charge in [0.15, 0.2) is 0 Å². The third-order valence-corrected chi connectivity index (χ3v) is 2.90. The summed E-state index contributed by atoms with van der Waals surface area (Å²) in [6.07, 6.45) is 3.29. The highest BCUT2D eigenvalue weighted by molar-refractivity contribution is 7.80. The van der Waals surface area contributed by atoms with Gasteiger partial charge in [0.2, 0.25) is 5.91 Å². The van der Waals surface area contributed by atoms with Crippen molar-refractivity contribution in [3.05, 3.63) is 0 Å². The molecule has 1 fully saturated rings. The van der Waals surface area contributed by atoms with E-state index in [-0.39, 0.29) is 5.91 Å². The number of carbonyl (C=O) groups excluding carboxylic acids is 1. The maximum atomic E-state index is 11.9. The molecule has 0 aromatic rings. The summed E-state index contributed by atoms with van der Waals surface area (Å²) >= 11 is 4.88. The first-order valence-electron chi connectivity index (χ1n) is 5.81. The molecule has 1 aliphatic carbocycles. The number of thiocarbonyl (C=S) groups is 1. The van der Waals surface area contributed by atoms with Crippen LogP contribution in [0.15, 0.2) is 0 Å². The van der Waals surface area contributed by atoms with Crippen LogP contribution >= 0.6 is 12.2 Å². The molecular formula is C11H21N3OS. The van der Waals surface area contributed by atoms with E-state index >= 15 is 0 Å². The van der Waals surface area contributed by atoms with E-state index in [9.17, 15) is 4.79 Å². The second-order valence-corrected chi connectivity index (χ2v) is 4.94. The summed E-state index contributed by atoms with van der Waals surface area (Å²) in [5, 5.41) is 0. The predicted molar refractivity (Wildman–Crippen MR) is 69.3 cm³/mol. The zero-order chi connectivity index (χ0) is 12.1. The SMILES string of the molecule is CCCN(CC(=O)N(C)C1CC1)CC(N)=S. The normalized spacial score (nSPS) is 15.2. The molecule has 2 N–H and O–H groups in total. The Morgan fingerprint density at radius 2 is 2.06 bits per heavy atom. The fraction of sp³-hybridized carbons (Fsp3) is 0.818. The molecule has 0 unspecified atom stereocenters. The molecule has 0 aromatic carbocycles. The largest absolute Gasteiger partial charge is 0.392 e. The number of nitrogens with zero attached hydrogens (tertiary/aromatic N) is 2. The lowest BCUT2D eigenvalue weighted by molar-refractivity contribution is -0.131. The molecule has 0 heterocycles. The van der Waals surface area contributed by atoms with E-state index in [1.165, 1.54) is 0 Å². The van der Waals surface area contributed by atoms with Gasteiger partial charge >= 0.3 is 0 Å². The Morgan fingerprint density at radius 3 is 2.50 bits per heavy atom. The summed E-state index contributed by atoms with van der Waals surface area (Å²) in [6, 6.07) is 0.473. The van der Waals surface area contributed by atoms with Gasteiger partial charge in [-0.15, -0.1) is 0 Å². The maximum absolute atomic E-state index is 11.9. The van der Waals surface area contributed by atoms with Crippen LogP contribution in [0.4, 0.5) is 0 Å². The van der Waals surface area contributed by atoms with Crippen LogP contribution in [-0.4, -0.2) is 53.4 Å². The summed E-state index contributed by atoms with van der Waals surface area (Å²) in [5.74, 6) is 0.173. The minimum Gasteiger partial charge on any atom is -0.392 e. The van der Waals surface area contributed by atoms with Crippen molar-refractivity contribution in [1.82, 2.24) is 9.80 Å². The van der Waals surface area contributed by atoms with Crippen LogP contribution in [0.3, 0.4) is 0 Å². The molecule has 0 aliphatic heterocycles. The second kappa shape index (κ2) is 6.15. The molecule has 16 heavy (non-hydrogen) atoms. The van der Waals surface area contributed by atoms with Crippen molar-refractivity contribution in [1.29, 1.82) is 0 Å². The van der Waals surface area contributed by atoms with Crippen LogP contribution in [-0.2, 0) is 4.79 Å². The molecule has 0 spiro atoms. The van der Waals surface area contributed by atoms with Crippen molar-refractivity contribution < 1.29 is 4.79 Å². The van der Waals surface area contributed by atoms with Crippen molar-refractivity contribution in [2.45, 2.75) is 32.2 Å². The molecular weight excluding hydrogens is 222 g/mol. The van der Waals surface area contributed by atoms with Crippen LogP contribution < -0.4 is 5.73 Å². The van der Waals surface area contributed by atoms with Crippen molar-refractivity contribution >= 4 is 23.1 Å². The van der Waals surface area contributed by atoms with Gasteiger partial charge in [0, 0.05) is 19.6 Å². The molecule has 92 valence electrons. The Morgan fingerprint density at radius 1 is 1.44 bits per heavy atom. The number of hydrogen-bond donors (Lipinski definition) is 1. The monoisotopic (exact) mass is 243 g/mol. The minimum absolute atomic E-state index is 0.173. The Labute approximate surface area is 103 Å². The van der Waals surface area contributed by atoms with Gasteiger partial charge in [-0.1, -0.05) is 19.1 Å². The van der Waals surface area contributed by atoms with Gasteiger partial charge in [0.1, 0.15) is 0 Å². The van der Waals surface area contributed by atoms with E-state index in [1.54, 1.807) is 0 Å². The van der Waals surface area contributed by atoms with E-state index in [0.29, 0.717) is 24.1 Å². The quantitative estimate of drug-likeness (QED) is 0.666. The summed E-state index contributed by atoms with van der Waals surface area (Å²) < 4.78 is 0. The number of nitrogens with two attached hydrogens (primary N) is 1. The number of rotatable bonds is 7. The molecule has 4 nitrogen and oxygen atoms in total. The van der Waals surface area contributed by atoms with Gasteiger partial charge in [-0.05, 0) is 25.8 Å². The molecule has 1 aliphatic rings. The molecule has 0 bridgehead atoms. The van der Waals surface area contributed by atoms with Gasteiger partial charge in [0.05, 0.1) is 11.5 Å². The van der Waals surface area contributed by atoms with Crippen molar-refractivity contribution in [3.63, 3.8) is 0 Å². The highest BCUT2D eigenvalue weighted by Crippen LogP contribution is 2.25. The average molecular weight is 243 g/mol. The molecule has 0 aromatic heterocycles. The Bertz CT molecular complexity index is 266.